The van der Waals surface area contributed by atoms with Crippen molar-refractivity contribution in [3.05, 3.63) is 64.1 Å². The largest absolute Gasteiger partial charge is 0.493 e. The Balaban J connectivity index is 2.46. The number of ether oxygens (including phenoxy) is 1. The van der Waals surface area contributed by atoms with Crippen LogP contribution in [-0.4, -0.2) is 12.4 Å². The van der Waals surface area contributed by atoms with Gasteiger partial charge in [0.25, 0.3) is 0 Å². The van der Waals surface area contributed by atoms with E-state index in [1.165, 1.54) is 0 Å². The maximum atomic E-state index is 13.0. The van der Waals surface area contributed by atoms with E-state index in [1.54, 1.807) is 0 Å². The van der Waals surface area contributed by atoms with E-state index in [9.17, 15) is 4.79 Å². The maximum Gasteiger partial charge on any atom is 0.176 e. The Morgan fingerprint density at radius 2 is 1.81 bits per heavy atom. The zero-order valence-corrected chi connectivity index (χ0v) is 14.1. The lowest BCUT2D eigenvalue weighted by Crippen LogP contribution is -2.29. The third-order valence-corrected chi connectivity index (χ3v) is 4.04. The second-order valence-electron chi connectivity index (χ2n) is 5.39. The molecule has 0 saturated heterocycles. The van der Waals surface area contributed by atoms with Crippen LogP contribution in [0.4, 0.5) is 0 Å². The van der Waals surface area contributed by atoms with Gasteiger partial charge in [-0.25, -0.2) is 0 Å². The third kappa shape index (κ3) is 3.35. The summed E-state index contributed by atoms with van der Waals surface area (Å²) in [5.41, 5.74) is 1.01. The number of benzene rings is 2. The molecule has 2 rings (SSSR count). The monoisotopic (exact) mass is 346 g/mol. The second-order valence-corrected chi connectivity index (χ2v) is 6.31. The van der Waals surface area contributed by atoms with Crippen LogP contribution in [0.1, 0.15) is 36.7 Å². The maximum absolute atomic E-state index is 13.0. The van der Waals surface area contributed by atoms with Crippen molar-refractivity contribution in [2.24, 2.45) is 0 Å². The number of rotatable bonds is 5. The van der Waals surface area contributed by atoms with Crippen LogP contribution in [0.25, 0.3) is 0 Å². The van der Waals surface area contributed by atoms with Crippen molar-refractivity contribution in [3.63, 3.8) is 0 Å². The van der Waals surface area contributed by atoms with E-state index in [2.05, 4.69) is 15.9 Å². The summed E-state index contributed by atoms with van der Waals surface area (Å²) in [6, 6.07) is 15.4. The smallest absolute Gasteiger partial charge is 0.176 e. The third-order valence-electron chi connectivity index (χ3n) is 3.55. The molecule has 0 radical (unpaired) electrons. The summed E-state index contributed by atoms with van der Waals surface area (Å²) in [4.78, 5) is 13.0. The van der Waals surface area contributed by atoms with Crippen molar-refractivity contribution in [1.29, 1.82) is 0 Å². The van der Waals surface area contributed by atoms with E-state index in [-0.39, 0.29) is 5.78 Å². The molecular formula is C18H19BrO2. The Hall–Kier alpha value is -1.61. The van der Waals surface area contributed by atoms with Gasteiger partial charge >= 0.3 is 0 Å². The summed E-state index contributed by atoms with van der Waals surface area (Å²) >= 11 is 3.43. The molecule has 0 atom stereocenters. The summed E-state index contributed by atoms with van der Waals surface area (Å²) in [6.45, 7) is 6.34. The minimum atomic E-state index is -0.603. The number of hydrogen-bond acceptors (Lipinski definition) is 2. The van der Waals surface area contributed by atoms with Crippen LogP contribution in [0.3, 0.4) is 0 Å². The van der Waals surface area contributed by atoms with Crippen LogP contribution in [0.5, 0.6) is 5.75 Å². The first kappa shape index (κ1) is 15.8. The molecule has 0 amide bonds. The summed E-state index contributed by atoms with van der Waals surface area (Å²) in [6.07, 6.45) is 0. The highest BCUT2D eigenvalue weighted by Crippen LogP contribution is 2.33. The highest BCUT2D eigenvalue weighted by molar-refractivity contribution is 9.10. The Morgan fingerprint density at radius 1 is 1.14 bits per heavy atom. The second kappa shape index (κ2) is 6.44. The standard InChI is InChI=1S/C18H19BrO2/c1-4-21-16-11-10-14(19)12-15(16)17(20)18(2,3)13-8-6-5-7-9-13/h5-12H,4H2,1-3H3. The molecular weight excluding hydrogens is 328 g/mol. The van der Waals surface area contributed by atoms with E-state index in [0.717, 1.165) is 10.0 Å². The van der Waals surface area contributed by atoms with Crippen molar-refractivity contribution in [1.82, 2.24) is 0 Å². The lowest BCUT2D eigenvalue weighted by Gasteiger charge is -2.25. The Morgan fingerprint density at radius 3 is 2.43 bits per heavy atom. The molecule has 0 heterocycles. The Labute approximate surface area is 134 Å². The van der Waals surface area contributed by atoms with Crippen LogP contribution in [-0.2, 0) is 5.41 Å². The lowest BCUT2D eigenvalue weighted by atomic mass is 9.78. The number of ketones is 1. The number of hydrogen-bond donors (Lipinski definition) is 0. The van der Waals surface area contributed by atoms with Gasteiger partial charge in [-0.15, -0.1) is 0 Å². The molecule has 2 aromatic rings. The molecule has 21 heavy (non-hydrogen) atoms. The van der Waals surface area contributed by atoms with Gasteiger partial charge in [0.15, 0.2) is 5.78 Å². The molecule has 0 saturated carbocycles. The summed E-state index contributed by atoms with van der Waals surface area (Å²) in [5.74, 6) is 0.688. The van der Waals surface area contributed by atoms with Gasteiger partial charge in [0.05, 0.1) is 17.6 Å². The van der Waals surface area contributed by atoms with Gasteiger partial charge in [0.1, 0.15) is 5.75 Å². The average molecular weight is 347 g/mol. The van der Waals surface area contributed by atoms with Crippen molar-refractivity contribution in [3.8, 4) is 5.75 Å². The molecule has 0 aliphatic carbocycles. The van der Waals surface area contributed by atoms with Crippen molar-refractivity contribution >= 4 is 21.7 Å². The van der Waals surface area contributed by atoms with Gasteiger partial charge in [0.2, 0.25) is 0 Å². The van der Waals surface area contributed by atoms with Gasteiger partial charge in [-0.2, -0.15) is 0 Å². The van der Waals surface area contributed by atoms with E-state index >= 15 is 0 Å². The Kier molecular flexibility index (Phi) is 4.84. The molecule has 3 heteroatoms. The molecule has 0 aromatic heterocycles. The fourth-order valence-corrected chi connectivity index (χ4v) is 2.64. The summed E-state index contributed by atoms with van der Waals surface area (Å²) in [7, 11) is 0. The fraction of sp³-hybridized carbons (Fsp3) is 0.278. The van der Waals surface area contributed by atoms with Crippen molar-refractivity contribution in [2.75, 3.05) is 6.61 Å². The lowest BCUT2D eigenvalue weighted by molar-refractivity contribution is 0.0904. The number of carbonyl (C=O) groups excluding carboxylic acids is 1. The average Bonchev–Trinajstić information content (AvgIpc) is 2.49. The number of halogens is 1. The van der Waals surface area contributed by atoms with Crippen molar-refractivity contribution < 1.29 is 9.53 Å². The highest BCUT2D eigenvalue weighted by Gasteiger charge is 2.32. The summed E-state index contributed by atoms with van der Waals surface area (Å²) < 4.78 is 6.48. The predicted octanol–water partition coefficient (Wildman–Crippen LogP) is 5.01. The van der Waals surface area contributed by atoms with E-state index < -0.39 is 5.41 Å². The quantitative estimate of drug-likeness (QED) is 0.711. The first-order chi connectivity index (χ1) is 9.96. The normalized spacial score (nSPS) is 11.2. The molecule has 2 aromatic carbocycles. The Bertz CT molecular complexity index is 633. The number of carbonyl (C=O) groups is 1. The molecule has 0 fully saturated rings. The minimum absolute atomic E-state index is 0.0541. The van der Waals surface area contributed by atoms with Gasteiger partial charge in [0, 0.05) is 4.47 Å². The zero-order valence-electron chi connectivity index (χ0n) is 12.5. The first-order valence-electron chi connectivity index (χ1n) is 6.99. The van der Waals surface area contributed by atoms with Gasteiger partial charge in [-0.3, -0.25) is 4.79 Å². The van der Waals surface area contributed by atoms with Crippen LogP contribution < -0.4 is 4.74 Å². The van der Waals surface area contributed by atoms with E-state index in [1.807, 2.05) is 69.3 Å². The fourth-order valence-electron chi connectivity index (χ4n) is 2.28. The molecule has 0 aliphatic heterocycles. The highest BCUT2D eigenvalue weighted by atomic mass is 79.9. The van der Waals surface area contributed by atoms with Crippen LogP contribution in [0, 0.1) is 0 Å². The predicted molar refractivity (Wildman–Crippen MR) is 89.1 cm³/mol. The van der Waals surface area contributed by atoms with E-state index in [4.69, 9.17) is 4.74 Å². The SMILES string of the molecule is CCOc1ccc(Br)cc1C(=O)C(C)(C)c1ccccc1. The molecule has 0 unspecified atom stereocenters. The van der Waals surface area contributed by atoms with E-state index in [0.29, 0.717) is 17.9 Å². The molecule has 2 nitrogen and oxygen atoms in total. The topological polar surface area (TPSA) is 26.3 Å². The zero-order chi connectivity index (χ0) is 15.5. The first-order valence-corrected chi connectivity index (χ1v) is 7.78. The number of Topliss-reactive ketones (excluding diaryl/α,β-unsaturated/α-hetero) is 1. The summed E-state index contributed by atoms with van der Waals surface area (Å²) in [5, 5.41) is 0. The van der Waals surface area contributed by atoms with Gasteiger partial charge < -0.3 is 4.74 Å². The van der Waals surface area contributed by atoms with Crippen LogP contribution in [0.15, 0.2) is 53.0 Å². The molecule has 110 valence electrons. The minimum Gasteiger partial charge on any atom is -0.493 e. The van der Waals surface area contributed by atoms with Crippen LogP contribution in [0.2, 0.25) is 0 Å². The molecule has 0 bridgehead atoms. The van der Waals surface area contributed by atoms with Crippen molar-refractivity contribution in [2.45, 2.75) is 26.2 Å². The van der Waals surface area contributed by atoms with Gasteiger partial charge in [-0.1, -0.05) is 46.3 Å². The van der Waals surface area contributed by atoms with Gasteiger partial charge in [-0.05, 0) is 44.5 Å². The molecule has 0 spiro atoms. The van der Waals surface area contributed by atoms with Crippen LogP contribution >= 0.6 is 15.9 Å². The molecule has 0 N–H and O–H groups in total. The molecule has 0 aliphatic rings.